The maximum Gasteiger partial charge on any atom is 0.217 e. The number of aryl methyl sites for hydroxylation is 3. The van der Waals surface area contributed by atoms with Crippen LogP contribution in [0.15, 0.2) is 12.1 Å². The van der Waals surface area contributed by atoms with Crippen LogP contribution < -0.4 is 10.6 Å². The quantitative estimate of drug-likeness (QED) is 0.798. The third-order valence-corrected chi connectivity index (χ3v) is 4.26. The van der Waals surface area contributed by atoms with E-state index < -0.39 is 0 Å². The fourth-order valence-electron chi connectivity index (χ4n) is 3.31. The van der Waals surface area contributed by atoms with Crippen LogP contribution in [0.2, 0.25) is 0 Å². The van der Waals surface area contributed by atoms with Gasteiger partial charge in [0.25, 0.3) is 0 Å². The van der Waals surface area contributed by atoms with Crippen LogP contribution in [-0.2, 0) is 24.1 Å². The Bertz CT molecular complexity index is 490. The minimum Gasteiger partial charge on any atom is -0.371 e. The van der Waals surface area contributed by atoms with Crippen LogP contribution >= 0.6 is 0 Å². The molecule has 0 fully saturated rings. The lowest BCUT2D eigenvalue weighted by molar-refractivity contribution is -0.117. The molecule has 0 aliphatic heterocycles. The van der Waals surface area contributed by atoms with Crippen molar-refractivity contribution >= 4 is 11.6 Å². The highest BCUT2D eigenvalue weighted by atomic mass is 16.1. The maximum atomic E-state index is 11.1. The molecule has 1 aliphatic rings. The number of nitrogens with zero attached hydrogens (tertiary/aromatic N) is 1. The first-order chi connectivity index (χ1) is 10.2. The van der Waals surface area contributed by atoms with Crippen molar-refractivity contribution in [1.29, 1.82) is 0 Å². The Morgan fingerprint density at radius 3 is 2.33 bits per heavy atom. The molecule has 1 amide bonds. The lowest BCUT2D eigenvalue weighted by Gasteiger charge is -2.27. The fourth-order valence-corrected chi connectivity index (χ4v) is 3.31. The van der Waals surface area contributed by atoms with Gasteiger partial charge in [-0.2, -0.15) is 0 Å². The number of carbonyl (C=O) groups is 1. The number of hydrogen-bond donors (Lipinski definition) is 1. The Morgan fingerprint density at radius 1 is 1.14 bits per heavy atom. The third-order valence-electron chi connectivity index (χ3n) is 4.26. The lowest BCUT2D eigenvalue weighted by atomic mass is 9.99. The van der Waals surface area contributed by atoms with E-state index in [9.17, 15) is 4.79 Å². The monoisotopic (exact) mass is 288 g/mol. The summed E-state index contributed by atoms with van der Waals surface area (Å²) in [4.78, 5) is 13.6. The van der Waals surface area contributed by atoms with Gasteiger partial charge in [-0.15, -0.1) is 0 Å². The smallest absolute Gasteiger partial charge is 0.217 e. The van der Waals surface area contributed by atoms with E-state index in [4.69, 9.17) is 5.73 Å². The molecule has 116 valence electrons. The molecule has 21 heavy (non-hydrogen) atoms. The van der Waals surface area contributed by atoms with Crippen molar-refractivity contribution in [3.63, 3.8) is 0 Å². The van der Waals surface area contributed by atoms with E-state index in [2.05, 4.69) is 30.9 Å². The fraction of sp³-hybridized carbons (Fsp3) is 0.611. The standard InChI is InChI=1S/C18H28N2O/c1-3-10-20(11-4-2)17-13-15-7-5-6-14(15)12-16(17)8-9-18(19)21/h12-13H,3-11H2,1-2H3,(H2,19,21). The largest absolute Gasteiger partial charge is 0.371 e. The first-order valence-electron chi connectivity index (χ1n) is 8.33. The molecule has 1 aliphatic carbocycles. The van der Waals surface area contributed by atoms with Crippen molar-refractivity contribution < 1.29 is 4.79 Å². The zero-order chi connectivity index (χ0) is 15.2. The maximum absolute atomic E-state index is 11.1. The minimum atomic E-state index is -0.209. The Kier molecular flexibility index (Phi) is 5.66. The predicted molar refractivity (Wildman–Crippen MR) is 88.8 cm³/mol. The number of anilines is 1. The summed E-state index contributed by atoms with van der Waals surface area (Å²) >= 11 is 0. The molecule has 0 bridgehead atoms. The van der Waals surface area contributed by atoms with Gasteiger partial charge in [-0.25, -0.2) is 0 Å². The van der Waals surface area contributed by atoms with Crippen LogP contribution in [0.3, 0.4) is 0 Å². The SMILES string of the molecule is CCCN(CCC)c1cc2c(cc1CCC(N)=O)CCC2. The summed E-state index contributed by atoms with van der Waals surface area (Å²) in [6, 6.07) is 4.71. The number of nitrogens with two attached hydrogens (primary N) is 1. The van der Waals surface area contributed by atoms with Gasteiger partial charge in [0.1, 0.15) is 0 Å². The molecule has 1 aromatic carbocycles. The van der Waals surface area contributed by atoms with Gasteiger partial charge in [0.2, 0.25) is 5.91 Å². The second-order valence-corrected chi connectivity index (χ2v) is 6.06. The van der Waals surface area contributed by atoms with Gasteiger partial charge in [-0.3, -0.25) is 4.79 Å². The molecule has 0 radical (unpaired) electrons. The topological polar surface area (TPSA) is 46.3 Å². The predicted octanol–water partition coefficient (Wildman–Crippen LogP) is 3.22. The van der Waals surface area contributed by atoms with Crippen LogP contribution in [-0.4, -0.2) is 19.0 Å². The van der Waals surface area contributed by atoms with Crippen molar-refractivity contribution in [1.82, 2.24) is 0 Å². The zero-order valence-corrected chi connectivity index (χ0v) is 13.5. The number of amides is 1. The molecule has 0 spiro atoms. The molecule has 0 saturated heterocycles. The van der Waals surface area contributed by atoms with Gasteiger partial charge in [0.15, 0.2) is 0 Å². The Balaban J connectivity index is 2.32. The molecule has 0 unspecified atom stereocenters. The number of primary amides is 1. The van der Waals surface area contributed by atoms with Crippen molar-refractivity contribution in [2.75, 3.05) is 18.0 Å². The molecule has 2 N–H and O–H groups in total. The summed E-state index contributed by atoms with van der Waals surface area (Å²) in [6.45, 7) is 6.60. The molecule has 1 aromatic rings. The molecule has 0 aromatic heterocycles. The van der Waals surface area contributed by atoms with Gasteiger partial charge in [-0.05, 0) is 61.3 Å². The number of benzene rings is 1. The first kappa shape index (κ1) is 15.9. The first-order valence-corrected chi connectivity index (χ1v) is 8.33. The molecule has 3 nitrogen and oxygen atoms in total. The number of fused-ring (bicyclic) bond motifs is 1. The Hall–Kier alpha value is -1.51. The van der Waals surface area contributed by atoms with Crippen LogP contribution in [0.25, 0.3) is 0 Å². The Labute approximate surface area is 128 Å². The molecular formula is C18H28N2O. The minimum absolute atomic E-state index is 0.209. The average Bonchev–Trinajstić information content (AvgIpc) is 2.91. The van der Waals surface area contributed by atoms with Gasteiger partial charge in [-0.1, -0.05) is 19.9 Å². The zero-order valence-electron chi connectivity index (χ0n) is 13.5. The lowest BCUT2D eigenvalue weighted by Crippen LogP contribution is -2.26. The van der Waals surface area contributed by atoms with Crippen molar-refractivity contribution in [3.8, 4) is 0 Å². The molecule has 3 heteroatoms. The van der Waals surface area contributed by atoms with E-state index in [0.29, 0.717) is 6.42 Å². The van der Waals surface area contributed by atoms with Crippen molar-refractivity contribution in [3.05, 3.63) is 28.8 Å². The van der Waals surface area contributed by atoms with Crippen LogP contribution in [0.1, 0.15) is 56.2 Å². The average molecular weight is 288 g/mol. The van der Waals surface area contributed by atoms with Gasteiger partial charge >= 0.3 is 0 Å². The Morgan fingerprint density at radius 2 is 1.76 bits per heavy atom. The highest BCUT2D eigenvalue weighted by Crippen LogP contribution is 2.31. The molecule has 0 saturated carbocycles. The summed E-state index contributed by atoms with van der Waals surface area (Å²) < 4.78 is 0. The highest BCUT2D eigenvalue weighted by molar-refractivity contribution is 5.74. The highest BCUT2D eigenvalue weighted by Gasteiger charge is 2.18. The van der Waals surface area contributed by atoms with Crippen LogP contribution in [0, 0.1) is 0 Å². The molecule has 0 atom stereocenters. The number of carbonyl (C=O) groups excluding carboxylic acids is 1. The number of hydrogen-bond acceptors (Lipinski definition) is 2. The third kappa shape index (κ3) is 3.99. The van der Waals surface area contributed by atoms with Gasteiger partial charge in [0, 0.05) is 25.2 Å². The summed E-state index contributed by atoms with van der Waals surface area (Å²) in [5, 5.41) is 0. The van der Waals surface area contributed by atoms with Crippen molar-refractivity contribution in [2.24, 2.45) is 5.73 Å². The van der Waals surface area contributed by atoms with Gasteiger partial charge < -0.3 is 10.6 Å². The van der Waals surface area contributed by atoms with Crippen LogP contribution in [0.5, 0.6) is 0 Å². The van der Waals surface area contributed by atoms with E-state index in [1.54, 1.807) is 0 Å². The van der Waals surface area contributed by atoms with Crippen LogP contribution in [0.4, 0.5) is 5.69 Å². The van der Waals surface area contributed by atoms with E-state index in [-0.39, 0.29) is 5.91 Å². The van der Waals surface area contributed by atoms with E-state index >= 15 is 0 Å². The summed E-state index contributed by atoms with van der Waals surface area (Å²) in [5.74, 6) is -0.209. The summed E-state index contributed by atoms with van der Waals surface area (Å²) in [5.41, 5.74) is 11.0. The second-order valence-electron chi connectivity index (χ2n) is 6.06. The van der Waals surface area contributed by atoms with E-state index in [1.807, 2.05) is 0 Å². The normalized spacial score (nSPS) is 13.2. The summed E-state index contributed by atoms with van der Waals surface area (Å²) in [6.07, 6.45) is 7.14. The summed E-state index contributed by atoms with van der Waals surface area (Å²) in [7, 11) is 0. The molecule has 2 rings (SSSR count). The second kappa shape index (κ2) is 7.48. The van der Waals surface area contributed by atoms with E-state index in [0.717, 1.165) is 32.4 Å². The van der Waals surface area contributed by atoms with E-state index in [1.165, 1.54) is 41.6 Å². The molecule has 0 heterocycles. The van der Waals surface area contributed by atoms with Gasteiger partial charge in [0.05, 0.1) is 0 Å². The number of rotatable bonds is 8. The van der Waals surface area contributed by atoms with Crippen molar-refractivity contribution in [2.45, 2.75) is 58.8 Å². The molecular weight excluding hydrogens is 260 g/mol.